The van der Waals surface area contributed by atoms with Gasteiger partial charge >= 0.3 is 0 Å². The summed E-state index contributed by atoms with van der Waals surface area (Å²) in [6.45, 7) is 1.38. The highest BCUT2D eigenvalue weighted by molar-refractivity contribution is 5.86. The molecule has 19 heavy (non-hydrogen) atoms. The highest BCUT2D eigenvalue weighted by Gasteiger charge is 2.15. The molecule has 0 spiro atoms. The second kappa shape index (κ2) is 5.40. The standard InChI is InChI=1S/C12H18N6O/c13-12-16-10(9-7-15-18-11(9)17-12)14-5-6-19-8-3-1-2-4-8/h7-8H,1-6H2,(H4,13,14,15,16,17,18). The Morgan fingerprint density at radius 2 is 2.21 bits per heavy atom. The lowest BCUT2D eigenvalue weighted by atomic mass is 10.3. The lowest BCUT2D eigenvalue weighted by molar-refractivity contribution is 0.0659. The molecule has 4 N–H and O–H groups in total. The molecule has 0 atom stereocenters. The van der Waals surface area contributed by atoms with Crippen molar-refractivity contribution < 1.29 is 4.74 Å². The second-order valence-corrected chi connectivity index (χ2v) is 4.77. The minimum Gasteiger partial charge on any atom is -0.376 e. The second-order valence-electron chi connectivity index (χ2n) is 4.77. The molecule has 0 aliphatic heterocycles. The van der Waals surface area contributed by atoms with Gasteiger partial charge in [-0.05, 0) is 12.8 Å². The zero-order valence-electron chi connectivity index (χ0n) is 10.7. The molecule has 2 heterocycles. The summed E-state index contributed by atoms with van der Waals surface area (Å²) in [4.78, 5) is 8.25. The van der Waals surface area contributed by atoms with Gasteiger partial charge in [-0.1, -0.05) is 12.8 Å². The van der Waals surface area contributed by atoms with Crippen LogP contribution in [0.3, 0.4) is 0 Å². The number of aromatic nitrogens is 4. The number of ether oxygens (including phenoxy) is 1. The van der Waals surface area contributed by atoms with Crippen LogP contribution in [0.5, 0.6) is 0 Å². The molecule has 0 saturated heterocycles. The predicted octanol–water partition coefficient (Wildman–Crippen LogP) is 1.31. The van der Waals surface area contributed by atoms with Gasteiger partial charge in [0.1, 0.15) is 5.82 Å². The average molecular weight is 262 g/mol. The Morgan fingerprint density at radius 1 is 1.37 bits per heavy atom. The van der Waals surface area contributed by atoms with E-state index in [1.807, 2.05) is 0 Å². The predicted molar refractivity (Wildman–Crippen MR) is 72.8 cm³/mol. The summed E-state index contributed by atoms with van der Waals surface area (Å²) in [5.74, 6) is 0.933. The Hall–Kier alpha value is -1.89. The molecule has 2 aromatic rings. The lowest BCUT2D eigenvalue weighted by Gasteiger charge is -2.12. The van der Waals surface area contributed by atoms with Crippen molar-refractivity contribution >= 4 is 22.8 Å². The first kappa shape index (κ1) is 12.2. The van der Waals surface area contributed by atoms with Crippen molar-refractivity contribution in [1.82, 2.24) is 20.2 Å². The number of nitrogens with zero attached hydrogens (tertiary/aromatic N) is 3. The third kappa shape index (κ3) is 2.76. The van der Waals surface area contributed by atoms with Gasteiger partial charge < -0.3 is 15.8 Å². The van der Waals surface area contributed by atoms with Crippen LogP contribution < -0.4 is 11.1 Å². The molecule has 102 valence electrons. The van der Waals surface area contributed by atoms with E-state index < -0.39 is 0 Å². The number of nitrogen functional groups attached to an aromatic ring is 1. The van der Waals surface area contributed by atoms with Gasteiger partial charge in [0.05, 0.1) is 24.3 Å². The maximum absolute atomic E-state index is 5.79. The molecule has 0 unspecified atom stereocenters. The third-order valence-electron chi connectivity index (χ3n) is 3.38. The first-order valence-corrected chi connectivity index (χ1v) is 6.65. The molecule has 0 aromatic carbocycles. The van der Waals surface area contributed by atoms with Gasteiger partial charge in [0.25, 0.3) is 0 Å². The summed E-state index contributed by atoms with van der Waals surface area (Å²) in [5.41, 5.74) is 6.29. The van der Waals surface area contributed by atoms with E-state index in [1.165, 1.54) is 25.7 Å². The molecular formula is C12H18N6O. The third-order valence-corrected chi connectivity index (χ3v) is 3.38. The number of hydrogen-bond donors (Lipinski definition) is 3. The summed E-state index contributed by atoms with van der Waals surface area (Å²) in [7, 11) is 0. The zero-order valence-corrected chi connectivity index (χ0v) is 10.7. The van der Waals surface area contributed by atoms with Gasteiger partial charge in [0, 0.05) is 6.54 Å². The monoisotopic (exact) mass is 262 g/mol. The van der Waals surface area contributed by atoms with Gasteiger partial charge in [0.2, 0.25) is 5.95 Å². The van der Waals surface area contributed by atoms with Crippen molar-refractivity contribution in [2.45, 2.75) is 31.8 Å². The van der Waals surface area contributed by atoms with E-state index in [-0.39, 0.29) is 5.95 Å². The fraction of sp³-hybridized carbons (Fsp3) is 0.583. The first-order valence-electron chi connectivity index (χ1n) is 6.65. The molecule has 1 fully saturated rings. The van der Waals surface area contributed by atoms with Crippen LogP contribution in [0, 0.1) is 0 Å². The molecule has 0 bridgehead atoms. The average Bonchev–Trinajstić information content (AvgIpc) is 3.04. The maximum atomic E-state index is 5.79. The fourth-order valence-electron chi connectivity index (χ4n) is 2.44. The van der Waals surface area contributed by atoms with E-state index in [2.05, 4.69) is 25.5 Å². The molecule has 0 radical (unpaired) electrons. The highest BCUT2D eigenvalue weighted by Crippen LogP contribution is 2.21. The van der Waals surface area contributed by atoms with Crippen LogP contribution in [-0.4, -0.2) is 39.4 Å². The highest BCUT2D eigenvalue weighted by atomic mass is 16.5. The van der Waals surface area contributed by atoms with Crippen LogP contribution >= 0.6 is 0 Å². The van der Waals surface area contributed by atoms with Gasteiger partial charge in [-0.25, -0.2) is 0 Å². The summed E-state index contributed by atoms with van der Waals surface area (Å²) in [5, 5.41) is 10.8. The smallest absolute Gasteiger partial charge is 0.224 e. The van der Waals surface area contributed by atoms with Gasteiger partial charge in [-0.3, -0.25) is 5.10 Å². The fourth-order valence-corrected chi connectivity index (χ4v) is 2.44. The van der Waals surface area contributed by atoms with E-state index in [9.17, 15) is 0 Å². The number of aromatic amines is 1. The van der Waals surface area contributed by atoms with Crippen molar-refractivity contribution in [2.75, 3.05) is 24.2 Å². The minimum atomic E-state index is 0.232. The molecular weight excluding hydrogens is 244 g/mol. The number of rotatable bonds is 5. The van der Waals surface area contributed by atoms with Crippen LogP contribution in [0.15, 0.2) is 6.20 Å². The van der Waals surface area contributed by atoms with E-state index >= 15 is 0 Å². The van der Waals surface area contributed by atoms with Gasteiger partial charge in [-0.2, -0.15) is 15.1 Å². The SMILES string of the molecule is Nc1nc(NCCOC2CCCC2)c2cn[nH]c2n1. The Morgan fingerprint density at radius 3 is 3.05 bits per heavy atom. The van der Waals surface area contributed by atoms with E-state index in [1.54, 1.807) is 6.20 Å². The van der Waals surface area contributed by atoms with Crippen molar-refractivity contribution in [1.29, 1.82) is 0 Å². The minimum absolute atomic E-state index is 0.232. The van der Waals surface area contributed by atoms with E-state index in [0.717, 1.165) is 5.39 Å². The summed E-state index contributed by atoms with van der Waals surface area (Å²) >= 11 is 0. The van der Waals surface area contributed by atoms with E-state index in [0.29, 0.717) is 30.7 Å². The van der Waals surface area contributed by atoms with Crippen molar-refractivity contribution in [3.8, 4) is 0 Å². The van der Waals surface area contributed by atoms with E-state index in [4.69, 9.17) is 10.5 Å². The number of H-pyrrole nitrogens is 1. The molecule has 0 amide bonds. The quantitative estimate of drug-likeness (QED) is 0.702. The molecule has 1 aliphatic carbocycles. The molecule has 7 heteroatoms. The van der Waals surface area contributed by atoms with Crippen LogP contribution in [0.25, 0.3) is 11.0 Å². The van der Waals surface area contributed by atoms with Crippen LogP contribution in [-0.2, 0) is 4.74 Å². The Kier molecular flexibility index (Phi) is 3.45. The Balaban J connectivity index is 1.57. The summed E-state index contributed by atoms with van der Waals surface area (Å²) in [6.07, 6.45) is 7.08. The molecule has 2 aromatic heterocycles. The largest absolute Gasteiger partial charge is 0.376 e. The summed E-state index contributed by atoms with van der Waals surface area (Å²) in [6, 6.07) is 0. The normalized spacial score (nSPS) is 16.2. The number of fused-ring (bicyclic) bond motifs is 1. The first-order chi connectivity index (χ1) is 9.33. The molecule has 1 saturated carbocycles. The molecule has 1 aliphatic rings. The van der Waals surface area contributed by atoms with Crippen LogP contribution in [0.4, 0.5) is 11.8 Å². The van der Waals surface area contributed by atoms with Crippen molar-refractivity contribution in [3.63, 3.8) is 0 Å². The van der Waals surface area contributed by atoms with Crippen LogP contribution in [0.2, 0.25) is 0 Å². The number of anilines is 2. The molecule has 7 nitrogen and oxygen atoms in total. The Bertz CT molecular complexity index is 548. The maximum Gasteiger partial charge on any atom is 0.224 e. The lowest BCUT2D eigenvalue weighted by Crippen LogP contribution is -2.16. The zero-order chi connectivity index (χ0) is 13.1. The van der Waals surface area contributed by atoms with Crippen molar-refractivity contribution in [3.05, 3.63) is 6.20 Å². The Labute approximate surface area is 111 Å². The van der Waals surface area contributed by atoms with Crippen molar-refractivity contribution in [2.24, 2.45) is 0 Å². The van der Waals surface area contributed by atoms with Crippen LogP contribution in [0.1, 0.15) is 25.7 Å². The topological polar surface area (TPSA) is 102 Å². The summed E-state index contributed by atoms with van der Waals surface area (Å²) < 4.78 is 5.79. The van der Waals surface area contributed by atoms with Gasteiger partial charge in [-0.15, -0.1) is 0 Å². The number of nitrogens with two attached hydrogens (primary N) is 1. The number of nitrogens with one attached hydrogen (secondary N) is 2. The number of hydrogen-bond acceptors (Lipinski definition) is 6. The molecule has 3 rings (SSSR count). The van der Waals surface area contributed by atoms with Gasteiger partial charge in [0.15, 0.2) is 5.65 Å².